The van der Waals surface area contributed by atoms with E-state index in [-0.39, 0.29) is 11.8 Å². The standard InChI is InChI=1S/C29H31N3O2/c1-5-30(6-2)23-17-19-25(20-18-23)32-28(33)26(22-15-13-21(4)14-16-22)27(29(32)34)31(7-3)24-11-9-8-10-12-24/h8-20H,5-7H2,1-4H3. The molecule has 5 nitrogen and oxygen atoms in total. The molecule has 3 aromatic carbocycles. The summed E-state index contributed by atoms with van der Waals surface area (Å²) in [4.78, 5) is 33.1. The molecule has 2 amide bonds. The third-order valence-corrected chi connectivity index (χ3v) is 6.29. The molecule has 1 aliphatic heterocycles. The molecule has 4 rings (SSSR count). The fourth-order valence-corrected chi connectivity index (χ4v) is 4.46. The molecule has 0 aliphatic carbocycles. The van der Waals surface area contributed by atoms with Crippen molar-refractivity contribution < 1.29 is 9.59 Å². The Kier molecular flexibility index (Phi) is 6.82. The maximum atomic E-state index is 13.9. The van der Waals surface area contributed by atoms with Gasteiger partial charge in [-0.2, -0.15) is 0 Å². The van der Waals surface area contributed by atoms with Crippen LogP contribution in [0.25, 0.3) is 5.57 Å². The molecule has 0 saturated heterocycles. The third-order valence-electron chi connectivity index (χ3n) is 6.29. The predicted octanol–water partition coefficient (Wildman–Crippen LogP) is 5.65. The second kappa shape index (κ2) is 9.96. The van der Waals surface area contributed by atoms with E-state index in [0.717, 1.165) is 35.6 Å². The van der Waals surface area contributed by atoms with Crippen molar-refractivity contribution in [3.63, 3.8) is 0 Å². The SMILES string of the molecule is CCN(CC)c1ccc(N2C(=O)C(c3ccc(C)cc3)=C(N(CC)c3ccccc3)C2=O)cc1. The maximum absolute atomic E-state index is 13.9. The van der Waals surface area contributed by atoms with E-state index in [4.69, 9.17) is 0 Å². The number of imide groups is 1. The summed E-state index contributed by atoms with van der Waals surface area (Å²) in [7, 11) is 0. The number of amides is 2. The Balaban J connectivity index is 1.81. The molecule has 34 heavy (non-hydrogen) atoms. The Morgan fingerprint density at radius 2 is 1.29 bits per heavy atom. The monoisotopic (exact) mass is 453 g/mol. The fraction of sp³-hybridized carbons (Fsp3) is 0.241. The predicted molar refractivity (Wildman–Crippen MR) is 140 cm³/mol. The Hall–Kier alpha value is -3.86. The molecule has 0 radical (unpaired) electrons. The van der Waals surface area contributed by atoms with Crippen LogP contribution < -0.4 is 14.7 Å². The van der Waals surface area contributed by atoms with Gasteiger partial charge in [0.1, 0.15) is 5.70 Å². The first-order valence-electron chi connectivity index (χ1n) is 11.9. The molecule has 0 spiro atoms. The average molecular weight is 454 g/mol. The molecule has 3 aromatic rings. The number of nitrogens with zero attached hydrogens (tertiary/aromatic N) is 3. The second-order valence-electron chi connectivity index (χ2n) is 8.30. The van der Waals surface area contributed by atoms with E-state index in [1.54, 1.807) is 0 Å². The van der Waals surface area contributed by atoms with Crippen molar-refractivity contribution in [3.05, 3.63) is 95.7 Å². The number of hydrogen-bond acceptors (Lipinski definition) is 4. The van der Waals surface area contributed by atoms with Gasteiger partial charge < -0.3 is 9.80 Å². The number of anilines is 3. The molecule has 1 aliphatic rings. The number of rotatable bonds is 8. The van der Waals surface area contributed by atoms with Crippen LogP contribution in [0, 0.1) is 6.92 Å². The van der Waals surface area contributed by atoms with E-state index >= 15 is 0 Å². The minimum atomic E-state index is -0.304. The van der Waals surface area contributed by atoms with Crippen molar-refractivity contribution in [2.75, 3.05) is 34.3 Å². The third kappa shape index (κ3) is 4.21. The van der Waals surface area contributed by atoms with Gasteiger partial charge in [0.05, 0.1) is 11.3 Å². The van der Waals surface area contributed by atoms with E-state index in [1.807, 2.05) is 97.6 Å². The first-order valence-corrected chi connectivity index (χ1v) is 11.9. The van der Waals surface area contributed by atoms with Crippen molar-refractivity contribution in [1.29, 1.82) is 0 Å². The number of para-hydroxylation sites is 1. The van der Waals surface area contributed by atoms with Gasteiger partial charge >= 0.3 is 0 Å². The van der Waals surface area contributed by atoms with Gasteiger partial charge in [0, 0.05) is 31.0 Å². The summed E-state index contributed by atoms with van der Waals surface area (Å²) < 4.78 is 0. The largest absolute Gasteiger partial charge is 0.372 e. The lowest BCUT2D eigenvalue weighted by atomic mass is 10.0. The molecule has 174 valence electrons. The number of carbonyl (C=O) groups is 2. The molecule has 0 saturated carbocycles. The summed E-state index contributed by atoms with van der Waals surface area (Å²) in [6.45, 7) is 10.6. The van der Waals surface area contributed by atoms with Crippen LogP contribution in [-0.2, 0) is 9.59 Å². The van der Waals surface area contributed by atoms with Gasteiger partial charge in [-0.25, -0.2) is 4.90 Å². The average Bonchev–Trinajstić information content (AvgIpc) is 3.12. The lowest BCUT2D eigenvalue weighted by Crippen LogP contribution is -2.35. The summed E-state index contributed by atoms with van der Waals surface area (Å²) >= 11 is 0. The zero-order valence-electron chi connectivity index (χ0n) is 20.3. The minimum absolute atomic E-state index is 0.297. The highest BCUT2D eigenvalue weighted by Crippen LogP contribution is 2.37. The van der Waals surface area contributed by atoms with Gasteiger partial charge in [0.2, 0.25) is 0 Å². The van der Waals surface area contributed by atoms with Gasteiger partial charge in [0.25, 0.3) is 11.8 Å². The normalized spacial score (nSPS) is 13.6. The lowest BCUT2D eigenvalue weighted by Gasteiger charge is -2.25. The van der Waals surface area contributed by atoms with Crippen LogP contribution >= 0.6 is 0 Å². The number of aryl methyl sites for hydroxylation is 1. The molecule has 5 heteroatoms. The zero-order valence-corrected chi connectivity index (χ0v) is 20.3. The van der Waals surface area contributed by atoms with Crippen LogP contribution in [0.5, 0.6) is 0 Å². The van der Waals surface area contributed by atoms with Gasteiger partial charge in [-0.05, 0) is 69.7 Å². The molecular formula is C29H31N3O2. The maximum Gasteiger partial charge on any atom is 0.282 e. The van der Waals surface area contributed by atoms with Gasteiger partial charge in [0.15, 0.2) is 0 Å². The van der Waals surface area contributed by atoms with E-state index < -0.39 is 0 Å². The van der Waals surface area contributed by atoms with E-state index in [1.165, 1.54) is 4.90 Å². The number of likely N-dealkylation sites (N-methyl/N-ethyl adjacent to an activating group) is 1. The summed E-state index contributed by atoms with van der Waals surface area (Å²) in [5.74, 6) is -0.601. The Morgan fingerprint density at radius 3 is 1.85 bits per heavy atom. The highest BCUT2D eigenvalue weighted by molar-refractivity contribution is 6.46. The summed E-state index contributed by atoms with van der Waals surface area (Å²) in [5.41, 5.74) is 5.22. The molecule has 0 fully saturated rings. The molecule has 0 aromatic heterocycles. The quantitative estimate of drug-likeness (QED) is 0.413. The smallest absolute Gasteiger partial charge is 0.282 e. The number of carbonyl (C=O) groups excluding carboxylic acids is 2. The Bertz CT molecular complexity index is 1190. The molecule has 0 unspecified atom stereocenters. The fourth-order valence-electron chi connectivity index (χ4n) is 4.46. The van der Waals surface area contributed by atoms with Gasteiger partial charge in [-0.15, -0.1) is 0 Å². The highest BCUT2D eigenvalue weighted by Gasteiger charge is 2.42. The Morgan fingerprint density at radius 1 is 0.676 bits per heavy atom. The van der Waals surface area contributed by atoms with Crippen LogP contribution in [-0.4, -0.2) is 31.4 Å². The number of benzene rings is 3. The van der Waals surface area contributed by atoms with Crippen LogP contribution in [0.2, 0.25) is 0 Å². The lowest BCUT2D eigenvalue weighted by molar-refractivity contribution is -0.120. The number of hydrogen-bond donors (Lipinski definition) is 0. The summed E-state index contributed by atoms with van der Waals surface area (Å²) in [6.07, 6.45) is 0. The molecule has 0 N–H and O–H groups in total. The minimum Gasteiger partial charge on any atom is -0.372 e. The van der Waals surface area contributed by atoms with E-state index in [2.05, 4.69) is 18.7 Å². The summed E-state index contributed by atoms with van der Waals surface area (Å²) in [6, 6.07) is 25.2. The van der Waals surface area contributed by atoms with Crippen molar-refractivity contribution >= 4 is 34.4 Å². The highest BCUT2D eigenvalue weighted by atomic mass is 16.2. The van der Waals surface area contributed by atoms with Gasteiger partial charge in [-0.3, -0.25) is 9.59 Å². The topological polar surface area (TPSA) is 43.9 Å². The van der Waals surface area contributed by atoms with Gasteiger partial charge in [-0.1, -0.05) is 48.0 Å². The van der Waals surface area contributed by atoms with E-state index in [0.29, 0.717) is 23.5 Å². The van der Waals surface area contributed by atoms with Crippen molar-refractivity contribution in [2.45, 2.75) is 27.7 Å². The summed E-state index contributed by atoms with van der Waals surface area (Å²) in [5, 5.41) is 0. The Labute approximate surface area is 201 Å². The van der Waals surface area contributed by atoms with Crippen LogP contribution in [0.3, 0.4) is 0 Å². The molecule has 1 heterocycles. The van der Waals surface area contributed by atoms with Crippen molar-refractivity contribution in [2.24, 2.45) is 0 Å². The van der Waals surface area contributed by atoms with Crippen molar-refractivity contribution in [3.8, 4) is 0 Å². The van der Waals surface area contributed by atoms with Crippen LogP contribution in [0.4, 0.5) is 17.1 Å². The van der Waals surface area contributed by atoms with E-state index in [9.17, 15) is 9.59 Å². The van der Waals surface area contributed by atoms with Crippen LogP contribution in [0.15, 0.2) is 84.6 Å². The molecule has 0 bridgehead atoms. The van der Waals surface area contributed by atoms with Crippen molar-refractivity contribution in [1.82, 2.24) is 0 Å². The second-order valence-corrected chi connectivity index (χ2v) is 8.30. The molecule has 0 atom stereocenters. The molecular weight excluding hydrogens is 422 g/mol. The first kappa shape index (κ1) is 23.3. The zero-order chi connectivity index (χ0) is 24.2. The first-order chi connectivity index (χ1) is 16.5. The van der Waals surface area contributed by atoms with Crippen LogP contribution in [0.1, 0.15) is 31.9 Å².